The van der Waals surface area contributed by atoms with Crippen molar-refractivity contribution >= 4 is 43.7 Å². The van der Waals surface area contributed by atoms with E-state index in [-0.39, 0.29) is 0 Å². The van der Waals surface area contributed by atoms with Crippen molar-refractivity contribution in [2.45, 2.75) is 0 Å². The molecule has 4 heterocycles. The minimum Gasteiger partial charge on any atom is -0.456 e. The summed E-state index contributed by atoms with van der Waals surface area (Å²) in [5.74, 6) is 1.88. The number of fused-ring (bicyclic) bond motifs is 7. The highest BCUT2D eigenvalue weighted by atomic mass is 16.3. The first kappa shape index (κ1) is 24.4. The molecule has 0 saturated heterocycles. The smallest absolute Gasteiger partial charge is 0.164 e. The monoisotopic (exact) mass is 566 g/mol. The molecular formula is C37H22N6O. The maximum Gasteiger partial charge on any atom is 0.164 e. The Morgan fingerprint density at radius 2 is 1.05 bits per heavy atom. The fourth-order valence-electron chi connectivity index (χ4n) is 6.03. The van der Waals surface area contributed by atoms with Gasteiger partial charge in [0.05, 0.1) is 28.8 Å². The predicted molar refractivity (Wildman–Crippen MR) is 173 cm³/mol. The summed E-state index contributed by atoms with van der Waals surface area (Å²) in [6, 6.07) is 40.6. The second-order valence-corrected chi connectivity index (χ2v) is 10.6. The summed E-state index contributed by atoms with van der Waals surface area (Å²) in [7, 11) is 0. The lowest BCUT2D eigenvalue weighted by Crippen LogP contribution is -2.00. The molecule has 5 aromatic carbocycles. The van der Waals surface area contributed by atoms with Gasteiger partial charge < -0.3 is 8.98 Å². The molecule has 0 bridgehead atoms. The standard InChI is InChI=1S/C37H22N6O/c1-3-9-23(10-4-1)35-40-36(24-11-5-2-6-12-24)42-37(41-35)25-15-17-26(18-16-25)43-30-22-39-38-21-29(30)27-19-20-32-33(34(27)43)28-13-7-8-14-31(28)44-32/h1-22H. The zero-order valence-electron chi connectivity index (χ0n) is 23.3. The number of aromatic nitrogens is 6. The van der Waals surface area contributed by atoms with Crippen molar-refractivity contribution in [2.75, 3.05) is 0 Å². The molecule has 9 aromatic rings. The second-order valence-electron chi connectivity index (χ2n) is 10.6. The summed E-state index contributed by atoms with van der Waals surface area (Å²) >= 11 is 0. The molecule has 7 nitrogen and oxygen atoms in total. The van der Waals surface area contributed by atoms with Crippen LogP contribution in [0, 0.1) is 0 Å². The normalized spacial score (nSPS) is 11.6. The fourth-order valence-corrected chi connectivity index (χ4v) is 6.03. The highest BCUT2D eigenvalue weighted by Crippen LogP contribution is 2.40. The van der Waals surface area contributed by atoms with Crippen LogP contribution in [0.25, 0.3) is 83.6 Å². The summed E-state index contributed by atoms with van der Waals surface area (Å²) < 4.78 is 8.49. The van der Waals surface area contributed by atoms with Gasteiger partial charge in [0, 0.05) is 38.5 Å². The van der Waals surface area contributed by atoms with E-state index in [0.717, 1.165) is 66.1 Å². The number of benzene rings is 5. The minimum atomic E-state index is 0.612. The number of nitrogens with zero attached hydrogens (tertiary/aromatic N) is 6. The zero-order valence-corrected chi connectivity index (χ0v) is 23.3. The van der Waals surface area contributed by atoms with E-state index in [1.54, 1.807) is 0 Å². The number of rotatable bonds is 4. The van der Waals surface area contributed by atoms with Crippen molar-refractivity contribution < 1.29 is 4.42 Å². The van der Waals surface area contributed by atoms with Crippen molar-refractivity contribution in [1.82, 2.24) is 29.7 Å². The third-order valence-corrected chi connectivity index (χ3v) is 8.06. The molecule has 0 spiro atoms. The van der Waals surface area contributed by atoms with Gasteiger partial charge in [-0.05, 0) is 42.5 Å². The SMILES string of the molecule is c1ccc(-c2nc(-c3ccccc3)nc(-c3ccc(-n4c5cnncc5c5ccc6oc7ccccc7c6c54)cc3)n2)cc1. The Labute approximate surface area is 251 Å². The first-order valence-electron chi connectivity index (χ1n) is 14.3. The Morgan fingerprint density at radius 3 is 1.73 bits per heavy atom. The van der Waals surface area contributed by atoms with E-state index >= 15 is 0 Å². The predicted octanol–water partition coefficient (Wildman–Crippen LogP) is 8.66. The largest absolute Gasteiger partial charge is 0.456 e. The van der Waals surface area contributed by atoms with Gasteiger partial charge in [0.25, 0.3) is 0 Å². The lowest BCUT2D eigenvalue weighted by molar-refractivity contribution is 0.669. The van der Waals surface area contributed by atoms with E-state index in [1.807, 2.05) is 97.3 Å². The third kappa shape index (κ3) is 3.80. The van der Waals surface area contributed by atoms with Crippen molar-refractivity contribution in [2.24, 2.45) is 0 Å². The molecule has 44 heavy (non-hydrogen) atoms. The molecule has 206 valence electrons. The minimum absolute atomic E-state index is 0.612. The number of furan rings is 1. The van der Waals surface area contributed by atoms with Crippen molar-refractivity contribution in [3.8, 4) is 39.9 Å². The van der Waals surface area contributed by atoms with Gasteiger partial charge in [-0.3, -0.25) is 0 Å². The molecule has 9 rings (SSSR count). The zero-order chi connectivity index (χ0) is 29.0. The molecule has 4 aromatic heterocycles. The van der Waals surface area contributed by atoms with Crippen LogP contribution in [-0.4, -0.2) is 29.7 Å². The van der Waals surface area contributed by atoms with Crippen LogP contribution in [0.1, 0.15) is 0 Å². The average molecular weight is 567 g/mol. The van der Waals surface area contributed by atoms with Crippen LogP contribution in [0.3, 0.4) is 0 Å². The van der Waals surface area contributed by atoms with Gasteiger partial charge in [-0.1, -0.05) is 78.9 Å². The van der Waals surface area contributed by atoms with Crippen LogP contribution < -0.4 is 0 Å². The molecule has 7 heteroatoms. The molecule has 0 amide bonds. The third-order valence-electron chi connectivity index (χ3n) is 8.06. The first-order chi connectivity index (χ1) is 21.8. The van der Waals surface area contributed by atoms with Gasteiger partial charge in [0.2, 0.25) is 0 Å². The van der Waals surface area contributed by atoms with Gasteiger partial charge >= 0.3 is 0 Å². The molecule has 0 aliphatic carbocycles. The van der Waals surface area contributed by atoms with E-state index < -0.39 is 0 Å². The number of hydrogen-bond acceptors (Lipinski definition) is 6. The summed E-state index contributed by atoms with van der Waals surface area (Å²) in [4.78, 5) is 14.6. The lowest BCUT2D eigenvalue weighted by atomic mass is 10.1. The Morgan fingerprint density at radius 1 is 0.455 bits per heavy atom. The maximum absolute atomic E-state index is 6.25. The van der Waals surface area contributed by atoms with Crippen LogP contribution in [0.4, 0.5) is 0 Å². The lowest BCUT2D eigenvalue weighted by Gasteiger charge is -2.11. The number of hydrogen-bond donors (Lipinski definition) is 0. The van der Waals surface area contributed by atoms with Gasteiger partial charge in [-0.15, -0.1) is 0 Å². The summed E-state index contributed by atoms with van der Waals surface area (Å²) in [5, 5.41) is 12.7. The maximum atomic E-state index is 6.25. The van der Waals surface area contributed by atoms with Gasteiger partial charge in [0.15, 0.2) is 17.5 Å². The van der Waals surface area contributed by atoms with Crippen molar-refractivity contribution in [3.05, 3.63) is 134 Å². The van der Waals surface area contributed by atoms with Crippen LogP contribution in [-0.2, 0) is 0 Å². The average Bonchev–Trinajstić information content (AvgIpc) is 3.65. The van der Waals surface area contributed by atoms with Crippen LogP contribution in [0.5, 0.6) is 0 Å². The Bertz CT molecular complexity index is 2430. The molecular weight excluding hydrogens is 544 g/mol. The summed E-state index contributed by atoms with van der Waals surface area (Å²) in [5.41, 5.74) is 7.48. The van der Waals surface area contributed by atoms with Crippen LogP contribution in [0.15, 0.2) is 138 Å². The summed E-state index contributed by atoms with van der Waals surface area (Å²) in [6.45, 7) is 0. The van der Waals surface area contributed by atoms with Gasteiger partial charge in [-0.25, -0.2) is 15.0 Å². The van der Waals surface area contributed by atoms with Crippen molar-refractivity contribution in [3.63, 3.8) is 0 Å². The van der Waals surface area contributed by atoms with E-state index in [9.17, 15) is 0 Å². The quantitative estimate of drug-likeness (QED) is 0.212. The second kappa shape index (κ2) is 9.68. The van der Waals surface area contributed by atoms with Crippen LogP contribution >= 0.6 is 0 Å². The molecule has 0 radical (unpaired) electrons. The molecule has 0 N–H and O–H groups in total. The molecule has 0 aliphatic rings. The van der Waals surface area contributed by atoms with E-state index in [4.69, 9.17) is 19.4 Å². The van der Waals surface area contributed by atoms with E-state index in [2.05, 4.69) is 51.2 Å². The Balaban J connectivity index is 1.25. The van der Waals surface area contributed by atoms with E-state index in [1.165, 1.54) is 0 Å². The van der Waals surface area contributed by atoms with Gasteiger partial charge in [-0.2, -0.15) is 10.2 Å². The first-order valence-corrected chi connectivity index (χ1v) is 14.3. The van der Waals surface area contributed by atoms with Crippen molar-refractivity contribution in [1.29, 1.82) is 0 Å². The molecule has 0 saturated carbocycles. The number of para-hydroxylation sites is 1. The molecule has 0 aliphatic heterocycles. The highest BCUT2D eigenvalue weighted by molar-refractivity contribution is 6.24. The molecule has 0 fully saturated rings. The van der Waals surface area contributed by atoms with Gasteiger partial charge in [0.1, 0.15) is 11.2 Å². The Hall–Kier alpha value is -6.21. The van der Waals surface area contributed by atoms with Crippen LogP contribution in [0.2, 0.25) is 0 Å². The highest BCUT2D eigenvalue weighted by Gasteiger charge is 2.20. The fraction of sp³-hybridized carbons (Fsp3) is 0. The summed E-state index contributed by atoms with van der Waals surface area (Å²) in [6.07, 6.45) is 3.65. The Kier molecular flexibility index (Phi) is 5.36. The van der Waals surface area contributed by atoms with E-state index in [0.29, 0.717) is 17.5 Å². The molecule has 0 unspecified atom stereocenters. The topological polar surface area (TPSA) is 82.5 Å². The molecule has 0 atom stereocenters.